The normalized spacial score (nSPS) is 14.9. The van der Waals surface area contributed by atoms with Crippen LogP contribution in [0.15, 0.2) is 24.3 Å². The molecule has 2 N–H and O–H groups in total. The summed E-state index contributed by atoms with van der Waals surface area (Å²) < 4.78 is 5.35. The summed E-state index contributed by atoms with van der Waals surface area (Å²) in [7, 11) is 1.61. The van der Waals surface area contributed by atoms with Gasteiger partial charge in [0.15, 0.2) is 5.78 Å². The van der Waals surface area contributed by atoms with Gasteiger partial charge in [-0.15, -0.1) is 0 Å². The van der Waals surface area contributed by atoms with Crippen molar-refractivity contribution >= 4 is 11.7 Å². The van der Waals surface area contributed by atoms with Crippen LogP contribution in [-0.4, -0.2) is 23.8 Å². The van der Waals surface area contributed by atoms with Crippen molar-refractivity contribution in [2.24, 2.45) is 0 Å². The first-order valence-electron chi connectivity index (χ1n) is 8.21. The molecule has 0 radical (unpaired) electrons. The number of amides is 1. The number of hydrogen-bond donors (Lipinski definition) is 2. The Hall–Kier alpha value is -2.56. The van der Waals surface area contributed by atoms with Crippen LogP contribution in [0.2, 0.25) is 0 Å². The van der Waals surface area contributed by atoms with Gasteiger partial charge in [-0.25, -0.2) is 0 Å². The molecule has 2 aromatic rings. The largest absolute Gasteiger partial charge is 0.496 e. The highest BCUT2D eigenvalue weighted by atomic mass is 16.5. The molecule has 0 saturated carbocycles. The van der Waals surface area contributed by atoms with Crippen molar-refractivity contribution in [1.82, 2.24) is 10.3 Å². The predicted octanol–water partition coefficient (Wildman–Crippen LogP) is 3.34. The molecule has 1 aliphatic carbocycles. The standard InChI is InChI=1S/C19H22N2O3/c1-11-17-14(8-6-9-15(17)22)21-18(11)19(23)20-12(2)13-7-4-5-10-16(13)24-3/h4-5,7,10,12,21H,6,8-9H2,1-3H3,(H,20,23)/t12-/m0/s1. The lowest BCUT2D eigenvalue weighted by molar-refractivity contribution is 0.0933. The Morgan fingerprint density at radius 1 is 1.29 bits per heavy atom. The molecule has 0 saturated heterocycles. The van der Waals surface area contributed by atoms with E-state index in [1.165, 1.54) is 0 Å². The van der Waals surface area contributed by atoms with E-state index >= 15 is 0 Å². The van der Waals surface area contributed by atoms with Crippen LogP contribution in [0.3, 0.4) is 0 Å². The van der Waals surface area contributed by atoms with Crippen LogP contribution in [0.25, 0.3) is 0 Å². The summed E-state index contributed by atoms with van der Waals surface area (Å²) in [6.45, 7) is 3.75. The Labute approximate surface area is 141 Å². The molecule has 5 heteroatoms. The number of aryl methyl sites for hydroxylation is 1. The zero-order valence-electron chi connectivity index (χ0n) is 14.2. The van der Waals surface area contributed by atoms with Gasteiger partial charge in [0.05, 0.1) is 13.2 Å². The second-order valence-corrected chi connectivity index (χ2v) is 6.19. The molecule has 24 heavy (non-hydrogen) atoms. The van der Waals surface area contributed by atoms with E-state index in [1.807, 2.05) is 38.1 Å². The first-order chi connectivity index (χ1) is 11.5. The molecule has 0 spiro atoms. The third-order valence-electron chi connectivity index (χ3n) is 4.62. The average molecular weight is 326 g/mol. The summed E-state index contributed by atoms with van der Waals surface area (Å²) in [5.74, 6) is 0.665. The van der Waals surface area contributed by atoms with Crippen LogP contribution in [-0.2, 0) is 6.42 Å². The lowest BCUT2D eigenvalue weighted by Crippen LogP contribution is -2.27. The van der Waals surface area contributed by atoms with Crippen LogP contribution in [0.4, 0.5) is 0 Å². The van der Waals surface area contributed by atoms with Crippen molar-refractivity contribution in [1.29, 1.82) is 0 Å². The van der Waals surface area contributed by atoms with Crippen molar-refractivity contribution in [3.8, 4) is 5.75 Å². The maximum absolute atomic E-state index is 12.7. The highest BCUT2D eigenvalue weighted by Crippen LogP contribution is 2.28. The Balaban J connectivity index is 1.84. The maximum Gasteiger partial charge on any atom is 0.268 e. The molecule has 3 rings (SSSR count). The number of H-pyrrole nitrogens is 1. The van der Waals surface area contributed by atoms with Crippen LogP contribution >= 0.6 is 0 Å². The molecular formula is C19H22N2O3. The van der Waals surface area contributed by atoms with Crippen molar-refractivity contribution in [3.05, 3.63) is 52.3 Å². The van der Waals surface area contributed by atoms with Crippen LogP contribution < -0.4 is 10.1 Å². The number of carbonyl (C=O) groups is 2. The summed E-state index contributed by atoms with van der Waals surface area (Å²) in [6, 6.07) is 7.41. The number of carbonyl (C=O) groups excluding carboxylic acids is 2. The molecule has 5 nitrogen and oxygen atoms in total. The number of Topliss-reactive ketones (excluding diaryl/α,β-unsaturated/α-hetero) is 1. The second-order valence-electron chi connectivity index (χ2n) is 6.19. The van der Waals surface area contributed by atoms with E-state index in [-0.39, 0.29) is 17.7 Å². The van der Waals surface area contributed by atoms with Crippen LogP contribution in [0.1, 0.15) is 63.5 Å². The van der Waals surface area contributed by atoms with Crippen molar-refractivity contribution in [3.63, 3.8) is 0 Å². The van der Waals surface area contributed by atoms with Crippen molar-refractivity contribution in [2.75, 3.05) is 7.11 Å². The molecule has 0 bridgehead atoms. The van der Waals surface area contributed by atoms with E-state index in [9.17, 15) is 9.59 Å². The molecule has 0 fully saturated rings. The van der Waals surface area contributed by atoms with Crippen LogP contribution in [0, 0.1) is 6.92 Å². The Bertz CT molecular complexity index is 792. The molecule has 1 aromatic carbocycles. The zero-order valence-corrected chi connectivity index (χ0v) is 14.2. The minimum Gasteiger partial charge on any atom is -0.496 e. The molecule has 1 amide bonds. The number of methoxy groups -OCH3 is 1. The van der Waals surface area contributed by atoms with E-state index < -0.39 is 0 Å². The number of rotatable bonds is 4. The number of hydrogen-bond acceptors (Lipinski definition) is 3. The molecule has 1 atom stereocenters. The number of ether oxygens (including phenoxy) is 1. The van der Waals surface area contributed by atoms with Gasteiger partial charge < -0.3 is 15.0 Å². The van der Waals surface area contributed by atoms with Gasteiger partial charge in [0.25, 0.3) is 5.91 Å². The number of aromatic amines is 1. The zero-order chi connectivity index (χ0) is 17.3. The molecule has 1 aliphatic rings. The fraction of sp³-hybridized carbons (Fsp3) is 0.368. The quantitative estimate of drug-likeness (QED) is 0.905. The first kappa shape index (κ1) is 16.3. The van der Waals surface area contributed by atoms with Gasteiger partial charge in [0.2, 0.25) is 0 Å². The summed E-state index contributed by atoms with van der Waals surface area (Å²) in [4.78, 5) is 27.9. The van der Waals surface area contributed by atoms with Gasteiger partial charge in [-0.3, -0.25) is 9.59 Å². The highest BCUT2D eigenvalue weighted by molar-refractivity contribution is 6.04. The monoisotopic (exact) mass is 326 g/mol. The number of para-hydroxylation sites is 1. The smallest absolute Gasteiger partial charge is 0.268 e. The Kier molecular flexibility index (Phi) is 4.42. The van der Waals surface area contributed by atoms with Gasteiger partial charge in [0.1, 0.15) is 11.4 Å². The van der Waals surface area contributed by atoms with Gasteiger partial charge in [0, 0.05) is 23.2 Å². The Morgan fingerprint density at radius 2 is 2.04 bits per heavy atom. The molecule has 1 aromatic heterocycles. The molecule has 0 aliphatic heterocycles. The van der Waals surface area contributed by atoms with E-state index in [0.717, 1.165) is 35.4 Å². The third-order valence-corrected chi connectivity index (χ3v) is 4.62. The van der Waals surface area contributed by atoms with Gasteiger partial charge >= 0.3 is 0 Å². The van der Waals surface area contributed by atoms with E-state index in [0.29, 0.717) is 17.7 Å². The SMILES string of the molecule is COc1ccccc1[C@H](C)NC(=O)c1[nH]c2c(c1C)C(=O)CCC2. The van der Waals surface area contributed by atoms with Gasteiger partial charge in [-0.05, 0) is 38.3 Å². The predicted molar refractivity (Wildman–Crippen MR) is 91.7 cm³/mol. The summed E-state index contributed by atoms with van der Waals surface area (Å²) in [5.41, 5.74) is 3.74. The lowest BCUT2D eigenvalue weighted by atomic mass is 9.94. The van der Waals surface area contributed by atoms with Crippen LogP contribution in [0.5, 0.6) is 5.75 Å². The second kappa shape index (κ2) is 6.51. The van der Waals surface area contributed by atoms with E-state index in [2.05, 4.69) is 10.3 Å². The van der Waals surface area contributed by atoms with E-state index in [4.69, 9.17) is 4.74 Å². The van der Waals surface area contributed by atoms with Crippen molar-refractivity contribution < 1.29 is 14.3 Å². The molecule has 126 valence electrons. The molecule has 1 heterocycles. The van der Waals surface area contributed by atoms with Gasteiger partial charge in [-0.1, -0.05) is 18.2 Å². The highest BCUT2D eigenvalue weighted by Gasteiger charge is 2.27. The number of aromatic nitrogens is 1. The summed E-state index contributed by atoms with van der Waals surface area (Å²) in [5, 5.41) is 2.99. The number of benzene rings is 1. The number of fused-ring (bicyclic) bond motifs is 1. The fourth-order valence-electron chi connectivity index (χ4n) is 3.37. The number of ketones is 1. The number of nitrogens with one attached hydrogen (secondary N) is 2. The fourth-order valence-corrected chi connectivity index (χ4v) is 3.37. The minimum absolute atomic E-state index is 0.127. The topological polar surface area (TPSA) is 71.2 Å². The lowest BCUT2D eigenvalue weighted by Gasteiger charge is -2.17. The molecular weight excluding hydrogens is 304 g/mol. The van der Waals surface area contributed by atoms with Crippen molar-refractivity contribution in [2.45, 2.75) is 39.2 Å². The summed E-state index contributed by atoms with van der Waals surface area (Å²) >= 11 is 0. The minimum atomic E-state index is -0.205. The Morgan fingerprint density at radius 3 is 2.75 bits per heavy atom. The third kappa shape index (κ3) is 2.82. The average Bonchev–Trinajstić information content (AvgIpc) is 2.93. The molecule has 0 unspecified atom stereocenters. The maximum atomic E-state index is 12.7. The first-order valence-corrected chi connectivity index (χ1v) is 8.21. The van der Waals surface area contributed by atoms with E-state index in [1.54, 1.807) is 7.11 Å². The summed E-state index contributed by atoms with van der Waals surface area (Å²) in [6.07, 6.45) is 2.21. The van der Waals surface area contributed by atoms with Gasteiger partial charge in [-0.2, -0.15) is 0 Å².